The summed E-state index contributed by atoms with van der Waals surface area (Å²) in [6.07, 6.45) is 7.98. The third-order valence-corrected chi connectivity index (χ3v) is 6.72. The van der Waals surface area contributed by atoms with Crippen molar-refractivity contribution >= 4 is 34.3 Å². The topological polar surface area (TPSA) is 128 Å². The standard InChI is InChI=1S/C31H38N8O4/c1-9-27(40)34-24-14-20(30(42-8)36-29(24)38(6)13-12-37(4)5)15-26-33-16-22(31(41)43-19(2)3)28(35-26)23-18-39(7)25-17-32-11-10-21(23)25/h9-11,14,16-19H,1,12-13,15H2,2-8H3,(H,34,40). The molecule has 1 N–H and O–H groups in total. The number of rotatable bonds is 12. The lowest BCUT2D eigenvalue weighted by molar-refractivity contribution is -0.111. The fraction of sp³-hybridized carbons (Fsp3) is 0.355. The second-order valence-corrected chi connectivity index (χ2v) is 10.7. The van der Waals surface area contributed by atoms with Crippen LogP contribution < -0.4 is 15.0 Å². The molecule has 1 amide bonds. The fourth-order valence-corrected chi connectivity index (χ4v) is 4.58. The summed E-state index contributed by atoms with van der Waals surface area (Å²) in [5, 5.41) is 3.76. The Kier molecular flexibility index (Phi) is 9.71. The van der Waals surface area contributed by atoms with Crippen molar-refractivity contribution in [3.05, 3.63) is 66.5 Å². The quantitative estimate of drug-likeness (QED) is 0.194. The summed E-state index contributed by atoms with van der Waals surface area (Å²) in [4.78, 5) is 47.9. The van der Waals surface area contributed by atoms with E-state index in [4.69, 9.17) is 19.4 Å². The van der Waals surface area contributed by atoms with E-state index in [0.29, 0.717) is 41.0 Å². The van der Waals surface area contributed by atoms with Gasteiger partial charge in [-0.15, -0.1) is 0 Å². The highest BCUT2D eigenvalue weighted by Crippen LogP contribution is 2.33. The van der Waals surface area contributed by atoms with E-state index < -0.39 is 5.97 Å². The van der Waals surface area contributed by atoms with E-state index in [-0.39, 0.29) is 24.0 Å². The van der Waals surface area contributed by atoms with Gasteiger partial charge in [0.05, 0.1) is 36.3 Å². The van der Waals surface area contributed by atoms with Crippen molar-refractivity contribution in [3.8, 4) is 17.1 Å². The summed E-state index contributed by atoms with van der Waals surface area (Å²) in [5.74, 6) is 0.471. The van der Waals surface area contributed by atoms with Gasteiger partial charge in [-0.3, -0.25) is 9.78 Å². The minimum atomic E-state index is -0.513. The van der Waals surface area contributed by atoms with E-state index in [1.165, 1.54) is 12.3 Å². The Balaban J connectivity index is 1.82. The van der Waals surface area contributed by atoms with Crippen LogP contribution in [0.2, 0.25) is 0 Å². The summed E-state index contributed by atoms with van der Waals surface area (Å²) >= 11 is 0. The van der Waals surface area contributed by atoms with Crippen LogP contribution in [0.3, 0.4) is 0 Å². The van der Waals surface area contributed by atoms with Gasteiger partial charge < -0.3 is 29.2 Å². The largest absolute Gasteiger partial charge is 0.481 e. The molecule has 0 atom stereocenters. The SMILES string of the molecule is C=CC(=O)Nc1cc(Cc2ncc(C(=O)OC(C)C)c(-c3cn(C)c4cnccc34)n2)c(OC)nc1N(C)CCN(C)C. The second-order valence-electron chi connectivity index (χ2n) is 10.7. The number of carbonyl (C=O) groups is 2. The van der Waals surface area contributed by atoms with Crippen LogP contribution in [0.4, 0.5) is 11.5 Å². The number of aromatic nitrogens is 5. The van der Waals surface area contributed by atoms with E-state index in [1.54, 1.807) is 33.4 Å². The van der Waals surface area contributed by atoms with Crippen molar-refractivity contribution in [2.45, 2.75) is 26.4 Å². The zero-order valence-electron chi connectivity index (χ0n) is 25.7. The van der Waals surface area contributed by atoms with Gasteiger partial charge in [-0.05, 0) is 46.2 Å². The first-order valence-electron chi connectivity index (χ1n) is 13.9. The highest BCUT2D eigenvalue weighted by molar-refractivity contribution is 6.03. The van der Waals surface area contributed by atoms with Gasteiger partial charge in [0.2, 0.25) is 11.8 Å². The number of hydrogen-bond donors (Lipinski definition) is 1. The molecule has 12 heteroatoms. The van der Waals surface area contributed by atoms with Crippen molar-refractivity contribution in [2.24, 2.45) is 7.05 Å². The highest BCUT2D eigenvalue weighted by Gasteiger charge is 2.23. The highest BCUT2D eigenvalue weighted by atomic mass is 16.5. The van der Waals surface area contributed by atoms with Crippen LogP contribution in [0.15, 0.2) is 49.6 Å². The Bertz CT molecular complexity index is 1650. The van der Waals surface area contributed by atoms with E-state index in [9.17, 15) is 9.59 Å². The first-order chi connectivity index (χ1) is 20.5. The summed E-state index contributed by atoms with van der Waals surface area (Å²) in [6.45, 7) is 8.61. The lowest BCUT2D eigenvalue weighted by atomic mass is 10.1. The van der Waals surface area contributed by atoms with Crippen LogP contribution in [0.25, 0.3) is 22.2 Å². The fourth-order valence-electron chi connectivity index (χ4n) is 4.58. The molecule has 0 aromatic carbocycles. The van der Waals surface area contributed by atoms with Gasteiger partial charge in [0.1, 0.15) is 11.4 Å². The number of ether oxygens (including phenoxy) is 2. The molecule has 0 saturated heterocycles. The van der Waals surface area contributed by atoms with Crippen LogP contribution >= 0.6 is 0 Å². The number of pyridine rings is 2. The Morgan fingerprint density at radius 2 is 1.93 bits per heavy atom. The van der Waals surface area contributed by atoms with Gasteiger partial charge >= 0.3 is 5.97 Å². The van der Waals surface area contributed by atoms with Crippen LogP contribution in [-0.4, -0.2) is 88.7 Å². The monoisotopic (exact) mass is 586 g/mol. The molecule has 0 fully saturated rings. The first kappa shape index (κ1) is 31.1. The maximum absolute atomic E-state index is 13.1. The third kappa shape index (κ3) is 7.15. The van der Waals surface area contributed by atoms with Gasteiger partial charge in [-0.2, -0.15) is 4.98 Å². The normalized spacial score (nSPS) is 11.2. The minimum absolute atomic E-state index is 0.216. The molecule has 12 nitrogen and oxygen atoms in total. The van der Waals surface area contributed by atoms with E-state index in [0.717, 1.165) is 23.0 Å². The Morgan fingerprint density at radius 3 is 2.60 bits per heavy atom. The number of amides is 1. The number of methoxy groups -OCH3 is 1. The molecule has 0 unspecified atom stereocenters. The molecule has 0 saturated carbocycles. The van der Waals surface area contributed by atoms with E-state index >= 15 is 0 Å². The summed E-state index contributed by atoms with van der Waals surface area (Å²) in [7, 11) is 9.33. The lowest BCUT2D eigenvalue weighted by Gasteiger charge is -2.24. The number of esters is 1. The lowest BCUT2D eigenvalue weighted by Crippen LogP contribution is -2.30. The molecule has 0 aliphatic heterocycles. The van der Waals surface area contributed by atoms with Crippen LogP contribution in [0.5, 0.6) is 5.88 Å². The summed E-state index contributed by atoms with van der Waals surface area (Å²) in [5.41, 5.74) is 3.49. The number of nitrogens with one attached hydrogen (secondary N) is 1. The Hall–Kier alpha value is -4.84. The van der Waals surface area contributed by atoms with Crippen molar-refractivity contribution in [1.29, 1.82) is 0 Å². The third-order valence-electron chi connectivity index (χ3n) is 6.72. The van der Waals surface area contributed by atoms with Gasteiger partial charge in [0.25, 0.3) is 0 Å². The molecule has 0 radical (unpaired) electrons. The first-order valence-corrected chi connectivity index (χ1v) is 13.9. The Morgan fingerprint density at radius 1 is 1.16 bits per heavy atom. The molecular formula is C31H38N8O4. The molecule has 4 aromatic heterocycles. The maximum Gasteiger partial charge on any atom is 0.342 e. The maximum atomic E-state index is 13.1. The number of nitrogens with zero attached hydrogens (tertiary/aromatic N) is 7. The molecule has 4 aromatic rings. The molecule has 0 aliphatic carbocycles. The van der Waals surface area contributed by atoms with E-state index in [1.807, 2.05) is 56.0 Å². The number of likely N-dealkylation sites (N-methyl/N-ethyl adjacent to an activating group) is 2. The Labute approximate surface area is 251 Å². The number of carbonyl (C=O) groups excluding carboxylic acids is 2. The second kappa shape index (κ2) is 13.4. The number of aryl methyl sites for hydroxylation is 1. The predicted molar refractivity (Wildman–Crippen MR) is 167 cm³/mol. The average molecular weight is 587 g/mol. The molecule has 0 spiro atoms. The summed E-state index contributed by atoms with van der Waals surface area (Å²) in [6, 6.07) is 3.69. The van der Waals surface area contributed by atoms with Crippen LogP contribution in [-0.2, 0) is 23.0 Å². The minimum Gasteiger partial charge on any atom is -0.481 e. The average Bonchev–Trinajstić information content (AvgIpc) is 3.31. The number of anilines is 2. The van der Waals surface area contributed by atoms with E-state index in [2.05, 4.69) is 26.8 Å². The van der Waals surface area contributed by atoms with Crippen molar-refractivity contribution in [3.63, 3.8) is 0 Å². The molecular weight excluding hydrogens is 548 g/mol. The number of fused-ring (bicyclic) bond motifs is 1. The van der Waals surface area contributed by atoms with Gasteiger partial charge in [-0.1, -0.05) is 6.58 Å². The molecule has 0 aliphatic rings. The molecule has 226 valence electrons. The van der Waals surface area contributed by atoms with Gasteiger partial charge in [0, 0.05) is 68.7 Å². The van der Waals surface area contributed by atoms with Gasteiger partial charge in [0.15, 0.2) is 5.82 Å². The molecule has 4 rings (SSSR count). The van der Waals surface area contributed by atoms with Crippen molar-refractivity contribution < 1.29 is 19.1 Å². The van der Waals surface area contributed by atoms with Crippen LogP contribution in [0.1, 0.15) is 35.6 Å². The van der Waals surface area contributed by atoms with Gasteiger partial charge in [-0.25, -0.2) is 14.8 Å². The number of hydrogen-bond acceptors (Lipinski definition) is 10. The predicted octanol–water partition coefficient (Wildman–Crippen LogP) is 3.71. The van der Waals surface area contributed by atoms with Crippen LogP contribution in [0, 0.1) is 0 Å². The van der Waals surface area contributed by atoms with Crippen molar-refractivity contribution in [2.75, 3.05) is 51.6 Å². The smallest absolute Gasteiger partial charge is 0.342 e. The zero-order valence-corrected chi connectivity index (χ0v) is 25.7. The zero-order chi connectivity index (χ0) is 31.3. The molecule has 43 heavy (non-hydrogen) atoms. The molecule has 0 bridgehead atoms. The van der Waals surface area contributed by atoms with Crippen molar-refractivity contribution in [1.82, 2.24) is 29.4 Å². The molecule has 4 heterocycles. The summed E-state index contributed by atoms with van der Waals surface area (Å²) < 4.78 is 13.1.